The van der Waals surface area contributed by atoms with Crippen LogP contribution in [0.15, 0.2) is 18.2 Å². The van der Waals surface area contributed by atoms with E-state index in [2.05, 4.69) is 15.9 Å². The molecule has 1 fully saturated rings. The van der Waals surface area contributed by atoms with Gasteiger partial charge in [-0.15, -0.1) is 0 Å². The molecule has 0 nitrogen and oxygen atoms in total. The molecule has 1 saturated carbocycles. The maximum absolute atomic E-state index is 13.0. The highest BCUT2D eigenvalue weighted by Crippen LogP contribution is 2.32. The Kier molecular flexibility index (Phi) is 3.95. The van der Waals surface area contributed by atoms with Crippen LogP contribution < -0.4 is 0 Å². The maximum Gasteiger partial charge on any atom is 0.126 e. The second-order valence-electron chi connectivity index (χ2n) is 4.54. The lowest BCUT2D eigenvalue weighted by Crippen LogP contribution is -2.21. The Morgan fingerprint density at radius 1 is 1.06 bits per heavy atom. The predicted molar refractivity (Wildman–Crippen MR) is 64.7 cm³/mol. The maximum atomic E-state index is 13.0. The van der Waals surface area contributed by atoms with Crippen molar-refractivity contribution in [3.63, 3.8) is 0 Å². The van der Waals surface area contributed by atoms with Gasteiger partial charge in [0.05, 0.1) is 0 Å². The Morgan fingerprint density at radius 3 is 2.31 bits per heavy atom. The van der Waals surface area contributed by atoms with E-state index < -0.39 is 11.6 Å². The fraction of sp³-hybridized carbons (Fsp3) is 0.538. The van der Waals surface area contributed by atoms with Crippen molar-refractivity contribution >= 4 is 15.9 Å². The molecule has 2 rings (SSSR count). The molecule has 0 radical (unpaired) electrons. The van der Waals surface area contributed by atoms with Crippen molar-refractivity contribution in [3.8, 4) is 0 Å². The summed E-state index contributed by atoms with van der Waals surface area (Å²) in [5.41, 5.74) is 0.772. The van der Waals surface area contributed by atoms with Crippen molar-refractivity contribution in [2.75, 3.05) is 0 Å². The molecule has 1 aromatic carbocycles. The molecule has 0 heterocycles. The molecule has 0 saturated heterocycles. The molecular formula is C13H15BrF2. The molecule has 1 aromatic rings. The lowest BCUT2D eigenvalue weighted by Gasteiger charge is -2.27. The summed E-state index contributed by atoms with van der Waals surface area (Å²) in [5, 5.41) is 0. The highest BCUT2D eigenvalue weighted by molar-refractivity contribution is 9.09. The highest BCUT2D eigenvalue weighted by atomic mass is 79.9. The van der Waals surface area contributed by atoms with Crippen molar-refractivity contribution in [2.45, 2.75) is 36.9 Å². The Labute approximate surface area is 103 Å². The molecule has 3 heteroatoms. The van der Waals surface area contributed by atoms with Crippen LogP contribution in [0.25, 0.3) is 0 Å². The lowest BCUT2D eigenvalue weighted by atomic mass is 9.85. The van der Waals surface area contributed by atoms with Gasteiger partial charge in [-0.3, -0.25) is 0 Å². The fourth-order valence-corrected chi connectivity index (χ4v) is 3.20. The molecule has 16 heavy (non-hydrogen) atoms. The minimum Gasteiger partial charge on any atom is -0.207 e. The van der Waals surface area contributed by atoms with Gasteiger partial charge in [-0.2, -0.15) is 0 Å². The molecule has 0 aromatic heterocycles. The van der Waals surface area contributed by atoms with Crippen LogP contribution in [0.1, 0.15) is 31.2 Å². The van der Waals surface area contributed by atoms with Crippen molar-refractivity contribution in [2.24, 2.45) is 5.92 Å². The Hall–Kier alpha value is -0.440. The third kappa shape index (κ3) is 3.03. The van der Waals surface area contributed by atoms with E-state index in [4.69, 9.17) is 0 Å². The van der Waals surface area contributed by atoms with Crippen molar-refractivity contribution in [1.29, 1.82) is 0 Å². The molecule has 0 spiro atoms. The third-order valence-electron chi connectivity index (χ3n) is 3.24. The van der Waals surface area contributed by atoms with Crippen LogP contribution in [0, 0.1) is 17.6 Å². The summed E-state index contributed by atoms with van der Waals surface area (Å²) in [6, 6.07) is 3.81. The molecule has 0 amide bonds. The van der Waals surface area contributed by atoms with Crippen LogP contribution in [0.2, 0.25) is 0 Å². The van der Waals surface area contributed by atoms with Gasteiger partial charge in [0.2, 0.25) is 0 Å². The van der Waals surface area contributed by atoms with E-state index in [1.54, 1.807) is 0 Å². The van der Waals surface area contributed by atoms with Crippen molar-refractivity contribution in [3.05, 3.63) is 35.4 Å². The monoisotopic (exact) mass is 288 g/mol. The normalized spacial score (nSPS) is 25.7. The minimum absolute atomic E-state index is 0.475. The van der Waals surface area contributed by atoms with Crippen LogP contribution in [0.5, 0.6) is 0 Å². The summed E-state index contributed by atoms with van der Waals surface area (Å²) in [6.45, 7) is 0. The van der Waals surface area contributed by atoms with Crippen LogP contribution in [0.3, 0.4) is 0 Å². The first-order valence-electron chi connectivity index (χ1n) is 5.74. The van der Waals surface area contributed by atoms with E-state index in [-0.39, 0.29) is 0 Å². The first-order chi connectivity index (χ1) is 7.65. The predicted octanol–water partition coefficient (Wildman–Crippen LogP) is 4.46. The van der Waals surface area contributed by atoms with Crippen LogP contribution in [-0.4, -0.2) is 4.83 Å². The smallest absolute Gasteiger partial charge is 0.126 e. The number of rotatable bonds is 2. The summed E-state index contributed by atoms with van der Waals surface area (Å²) in [5.74, 6) is -0.441. The quantitative estimate of drug-likeness (QED) is 0.705. The van der Waals surface area contributed by atoms with Gasteiger partial charge in [-0.25, -0.2) is 8.78 Å². The van der Waals surface area contributed by atoms with Gasteiger partial charge in [0, 0.05) is 10.9 Å². The van der Waals surface area contributed by atoms with Crippen LogP contribution >= 0.6 is 15.9 Å². The molecule has 0 aliphatic heterocycles. The number of hydrogen-bond acceptors (Lipinski definition) is 0. The fourth-order valence-electron chi connectivity index (χ4n) is 2.42. The van der Waals surface area contributed by atoms with E-state index in [1.165, 1.54) is 31.4 Å². The number of halogens is 3. The van der Waals surface area contributed by atoms with E-state index in [0.717, 1.165) is 24.5 Å². The Bertz CT molecular complexity index is 345. The molecule has 1 aliphatic rings. The topological polar surface area (TPSA) is 0 Å². The molecule has 0 N–H and O–H groups in total. The SMILES string of the molecule is Fc1cc(F)cc(CC2CCCCC2Br)c1. The van der Waals surface area contributed by atoms with Crippen molar-refractivity contribution < 1.29 is 8.78 Å². The van der Waals surface area contributed by atoms with Gasteiger partial charge in [-0.05, 0) is 42.9 Å². The van der Waals surface area contributed by atoms with E-state index in [9.17, 15) is 8.78 Å². The van der Waals surface area contributed by atoms with Gasteiger partial charge in [0.25, 0.3) is 0 Å². The molecule has 2 atom stereocenters. The minimum atomic E-state index is -0.475. The zero-order valence-corrected chi connectivity index (χ0v) is 10.6. The third-order valence-corrected chi connectivity index (χ3v) is 4.44. The van der Waals surface area contributed by atoms with E-state index in [0.29, 0.717) is 10.7 Å². The summed E-state index contributed by atoms with van der Waals surface area (Å²) >= 11 is 3.66. The summed E-state index contributed by atoms with van der Waals surface area (Å²) in [6.07, 6.45) is 5.57. The second-order valence-corrected chi connectivity index (χ2v) is 5.72. The average molecular weight is 289 g/mol. The molecule has 1 aliphatic carbocycles. The summed E-state index contributed by atoms with van der Waals surface area (Å²) < 4.78 is 26.1. The van der Waals surface area contributed by atoms with Crippen LogP contribution in [-0.2, 0) is 6.42 Å². The number of benzene rings is 1. The van der Waals surface area contributed by atoms with E-state index >= 15 is 0 Å². The van der Waals surface area contributed by atoms with E-state index in [1.807, 2.05) is 0 Å². The lowest BCUT2D eigenvalue weighted by molar-refractivity contribution is 0.372. The summed E-state index contributed by atoms with van der Waals surface area (Å²) in [7, 11) is 0. The van der Waals surface area contributed by atoms with Gasteiger partial charge < -0.3 is 0 Å². The molecule has 0 bridgehead atoms. The summed E-state index contributed by atoms with van der Waals surface area (Å²) in [4.78, 5) is 0.493. The highest BCUT2D eigenvalue weighted by Gasteiger charge is 2.23. The zero-order chi connectivity index (χ0) is 11.5. The average Bonchev–Trinajstić information content (AvgIpc) is 2.20. The second kappa shape index (κ2) is 5.26. The largest absolute Gasteiger partial charge is 0.207 e. The first-order valence-corrected chi connectivity index (χ1v) is 6.66. The van der Waals surface area contributed by atoms with Gasteiger partial charge >= 0.3 is 0 Å². The first kappa shape index (κ1) is 12.0. The van der Waals surface area contributed by atoms with Crippen LogP contribution in [0.4, 0.5) is 8.78 Å². The standard InChI is InChI=1S/C13H15BrF2/c14-13-4-2-1-3-10(13)5-9-6-11(15)8-12(16)7-9/h6-8,10,13H,1-5H2. The van der Waals surface area contributed by atoms with Gasteiger partial charge in [0.15, 0.2) is 0 Å². The zero-order valence-electron chi connectivity index (χ0n) is 9.06. The molecular weight excluding hydrogens is 274 g/mol. The molecule has 88 valence electrons. The number of alkyl halides is 1. The molecule has 2 unspecified atom stereocenters. The Morgan fingerprint density at radius 2 is 1.69 bits per heavy atom. The van der Waals surface area contributed by atoms with Gasteiger partial charge in [-0.1, -0.05) is 28.8 Å². The van der Waals surface area contributed by atoms with Crippen molar-refractivity contribution in [1.82, 2.24) is 0 Å². The number of hydrogen-bond donors (Lipinski definition) is 0. The van der Waals surface area contributed by atoms with Gasteiger partial charge in [0.1, 0.15) is 11.6 Å². The Balaban J connectivity index is 2.07.